The minimum absolute atomic E-state index is 0.362. The monoisotopic (exact) mass is 437 g/mol. The van der Waals surface area contributed by atoms with Gasteiger partial charge in [-0.3, -0.25) is 18.5 Å². The van der Waals surface area contributed by atoms with E-state index >= 15 is 0 Å². The number of anilines is 1. The Kier molecular flexibility index (Phi) is 5.95. The Morgan fingerprint density at radius 2 is 1.71 bits per heavy atom. The molecule has 0 radical (unpaired) electrons. The molecule has 31 heavy (non-hydrogen) atoms. The van der Waals surface area contributed by atoms with Crippen molar-refractivity contribution in [2.75, 3.05) is 11.9 Å². The van der Waals surface area contributed by atoms with Gasteiger partial charge in [0.05, 0.1) is 6.54 Å². The highest BCUT2D eigenvalue weighted by atomic mass is 35.5. The maximum Gasteiger partial charge on any atom is 0.332 e. The summed E-state index contributed by atoms with van der Waals surface area (Å²) < 4.78 is 4.34. The van der Waals surface area contributed by atoms with Crippen LogP contribution < -0.4 is 16.6 Å². The molecule has 4 aromatic rings. The van der Waals surface area contributed by atoms with E-state index in [4.69, 9.17) is 11.6 Å². The van der Waals surface area contributed by atoms with Crippen molar-refractivity contribution >= 4 is 28.7 Å². The minimum Gasteiger partial charge on any atom is -0.356 e. The Labute approximate surface area is 184 Å². The fraction of sp³-hybridized carbons (Fsp3) is 0.261. The number of aromatic nitrogens is 4. The molecular weight excluding hydrogens is 414 g/mol. The van der Waals surface area contributed by atoms with Gasteiger partial charge < -0.3 is 5.32 Å². The van der Waals surface area contributed by atoms with Crippen LogP contribution in [0.2, 0.25) is 5.02 Å². The molecule has 0 aliphatic rings. The Bertz CT molecular complexity index is 1340. The van der Waals surface area contributed by atoms with Gasteiger partial charge in [0, 0.05) is 25.7 Å². The molecule has 7 nitrogen and oxygen atoms in total. The molecule has 8 heteroatoms. The quantitative estimate of drug-likeness (QED) is 0.451. The number of halogens is 1. The van der Waals surface area contributed by atoms with E-state index in [1.165, 1.54) is 17.2 Å². The second-order valence-corrected chi connectivity index (χ2v) is 7.98. The van der Waals surface area contributed by atoms with Crippen molar-refractivity contribution in [3.8, 4) is 0 Å². The second-order valence-electron chi connectivity index (χ2n) is 7.55. The van der Waals surface area contributed by atoms with Crippen LogP contribution in [0.25, 0.3) is 11.2 Å². The van der Waals surface area contributed by atoms with Gasteiger partial charge in [-0.05, 0) is 36.1 Å². The molecule has 0 amide bonds. The number of fused-ring (bicyclic) bond motifs is 1. The van der Waals surface area contributed by atoms with Crippen LogP contribution >= 0.6 is 11.6 Å². The van der Waals surface area contributed by atoms with Gasteiger partial charge in [-0.2, -0.15) is 4.98 Å². The standard InChI is InChI=1S/C23H24ClN5O2/c1-27-20-19(21(30)28(2)23(27)31)29(15-17-10-6-12-18(24)14-17)22(26-20)25-13-7-11-16-8-4-3-5-9-16/h3-6,8-10,12,14H,7,11,13,15H2,1-2H3,(H,25,26). The fourth-order valence-electron chi connectivity index (χ4n) is 3.69. The summed E-state index contributed by atoms with van der Waals surface area (Å²) in [6.45, 7) is 1.09. The lowest BCUT2D eigenvalue weighted by Gasteiger charge is -2.11. The van der Waals surface area contributed by atoms with E-state index in [1.54, 1.807) is 7.05 Å². The van der Waals surface area contributed by atoms with Gasteiger partial charge in [0.25, 0.3) is 5.56 Å². The van der Waals surface area contributed by atoms with Crippen molar-refractivity contribution in [2.24, 2.45) is 14.1 Å². The molecule has 1 N–H and O–H groups in total. The zero-order valence-corrected chi connectivity index (χ0v) is 18.3. The Balaban J connectivity index is 1.69. The predicted octanol–water partition coefficient (Wildman–Crippen LogP) is 3.18. The maximum absolute atomic E-state index is 12.9. The van der Waals surface area contributed by atoms with Crippen molar-refractivity contribution in [3.05, 3.63) is 91.6 Å². The van der Waals surface area contributed by atoms with E-state index in [0.717, 1.165) is 23.0 Å². The highest BCUT2D eigenvalue weighted by molar-refractivity contribution is 6.30. The molecule has 0 aliphatic heterocycles. The first-order chi connectivity index (χ1) is 15.0. The summed E-state index contributed by atoms with van der Waals surface area (Å²) in [6.07, 6.45) is 1.84. The minimum atomic E-state index is -0.402. The molecule has 0 saturated heterocycles. The average Bonchev–Trinajstić information content (AvgIpc) is 3.13. The van der Waals surface area contributed by atoms with Gasteiger partial charge in [-0.1, -0.05) is 54.1 Å². The van der Waals surface area contributed by atoms with Gasteiger partial charge in [0.2, 0.25) is 5.95 Å². The Hall–Kier alpha value is -3.32. The third kappa shape index (κ3) is 4.27. The summed E-state index contributed by atoms with van der Waals surface area (Å²) in [6, 6.07) is 17.8. The molecule has 4 rings (SSSR count). The molecule has 0 aliphatic carbocycles. The smallest absolute Gasteiger partial charge is 0.332 e. The van der Waals surface area contributed by atoms with Crippen molar-refractivity contribution < 1.29 is 0 Å². The second kappa shape index (κ2) is 8.81. The predicted molar refractivity (Wildman–Crippen MR) is 124 cm³/mol. The topological polar surface area (TPSA) is 73.8 Å². The number of imidazole rings is 1. The number of aryl methyl sites for hydroxylation is 2. The molecule has 0 unspecified atom stereocenters. The summed E-state index contributed by atoms with van der Waals surface area (Å²) in [7, 11) is 3.10. The third-order valence-corrected chi connectivity index (χ3v) is 5.58. The molecule has 160 valence electrons. The van der Waals surface area contributed by atoms with E-state index in [9.17, 15) is 9.59 Å². The molecular formula is C23H24ClN5O2. The lowest BCUT2D eigenvalue weighted by molar-refractivity contribution is 0.702. The van der Waals surface area contributed by atoms with Gasteiger partial charge in [0.15, 0.2) is 11.2 Å². The van der Waals surface area contributed by atoms with Crippen LogP contribution in [0.4, 0.5) is 5.95 Å². The summed E-state index contributed by atoms with van der Waals surface area (Å²) in [5, 5.41) is 3.98. The van der Waals surface area contributed by atoms with Crippen LogP contribution in [0.15, 0.2) is 64.2 Å². The van der Waals surface area contributed by atoms with Crippen molar-refractivity contribution in [3.63, 3.8) is 0 Å². The molecule has 0 atom stereocenters. The van der Waals surface area contributed by atoms with E-state index in [0.29, 0.717) is 35.2 Å². The Morgan fingerprint density at radius 1 is 0.968 bits per heavy atom. The molecule has 0 spiro atoms. The van der Waals surface area contributed by atoms with Crippen molar-refractivity contribution in [1.82, 2.24) is 18.7 Å². The van der Waals surface area contributed by atoms with Crippen LogP contribution in [0.5, 0.6) is 0 Å². The summed E-state index contributed by atoms with van der Waals surface area (Å²) in [4.78, 5) is 29.9. The first-order valence-corrected chi connectivity index (χ1v) is 10.5. The van der Waals surface area contributed by atoms with Gasteiger partial charge in [-0.15, -0.1) is 0 Å². The highest BCUT2D eigenvalue weighted by Gasteiger charge is 2.19. The van der Waals surface area contributed by atoms with Crippen LogP contribution in [0.3, 0.4) is 0 Å². The summed E-state index contributed by atoms with van der Waals surface area (Å²) in [5.74, 6) is 0.557. The molecule has 0 fully saturated rings. The third-order valence-electron chi connectivity index (χ3n) is 5.35. The molecule has 0 saturated carbocycles. The van der Waals surface area contributed by atoms with E-state index in [2.05, 4.69) is 22.4 Å². The molecule has 2 aromatic heterocycles. The largest absolute Gasteiger partial charge is 0.356 e. The summed E-state index contributed by atoms with van der Waals surface area (Å²) in [5.41, 5.74) is 2.18. The first-order valence-electron chi connectivity index (χ1n) is 10.1. The van der Waals surface area contributed by atoms with Gasteiger partial charge in [0.1, 0.15) is 0 Å². The van der Waals surface area contributed by atoms with Crippen molar-refractivity contribution in [1.29, 1.82) is 0 Å². The number of hydrogen-bond acceptors (Lipinski definition) is 4. The number of nitrogens with one attached hydrogen (secondary N) is 1. The zero-order valence-electron chi connectivity index (χ0n) is 17.5. The normalized spacial score (nSPS) is 11.2. The zero-order chi connectivity index (χ0) is 22.0. The van der Waals surface area contributed by atoms with E-state index < -0.39 is 5.69 Å². The first kappa shape index (κ1) is 20.9. The van der Waals surface area contributed by atoms with E-state index in [-0.39, 0.29) is 5.56 Å². The Morgan fingerprint density at radius 3 is 2.45 bits per heavy atom. The fourth-order valence-corrected chi connectivity index (χ4v) is 3.90. The van der Waals surface area contributed by atoms with Crippen LogP contribution in [-0.2, 0) is 27.1 Å². The van der Waals surface area contributed by atoms with Gasteiger partial charge in [-0.25, -0.2) is 4.79 Å². The van der Waals surface area contributed by atoms with E-state index in [1.807, 2.05) is 47.0 Å². The van der Waals surface area contributed by atoms with Gasteiger partial charge >= 0.3 is 5.69 Å². The number of rotatable bonds is 7. The van der Waals surface area contributed by atoms with Crippen molar-refractivity contribution in [2.45, 2.75) is 19.4 Å². The molecule has 2 aromatic carbocycles. The van der Waals surface area contributed by atoms with Crippen LogP contribution in [-0.4, -0.2) is 25.2 Å². The highest BCUT2D eigenvalue weighted by Crippen LogP contribution is 2.19. The van der Waals surface area contributed by atoms with Crippen LogP contribution in [0.1, 0.15) is 17.5 Å². The maximum atomic E-state index is 12.9. The number of nitrogens with zero attached hydrogens (tertiary/aromatic N) is 4. The molecule has 0 bridgehead atoms. The SMILES string of the molecule is Cn1c(=O)c2c(nc(NCCCc3ccccc3)n2Cc2cccc(Cl)c2)n(C)c1=O. The number of hydrogen-bond donors (Lipinski definition) is 1. The lowest BCUT2D eigenvalue weighted by atomic mass is 10.1. The van der Waals surface area contributed by atoms with Crippen LogP contribution in [0, 0.1) is 0 Å². The lowest BCUT2D eigenvalue weighted by Crippen LogP contribution is -2.37. The molecule has 2 heterocycles. The summed E-state index contributed by atoms with van der Waals surface area (Å²) >= 11 is 6.15. The number of benzene rings is 2. The average molecular weight is 438 g/mol.